The van der Waals surface area contributed by atoms with Crippen molar-refractivity contribution < 1.29 is 9.42 Å². The molecule has 1 aromatic heterocycles. The van der Waals surface area contributed by atoms with Crippen molar-refractivity contribution in [3.05, 3.63) is 22.4 Å². The predicted molar refractivity (Wildman–Crippen MR) is 20.0 cm³/mol. The van der Waals surface area contributed by atoms with Crippen LogP contribution in [0.5, 0.6) is 0 Å². The van der Waals surface area contributed by atoms with E-state index in [2.05, 4.69) is 14.6 Å². The lowest BCUT2D eigenvalue weighted by molar-refractivity contribution is -0.0816. The first kappa shape index (κ1) is 4.61. The first-order chi connectivity index (χ1) is 3.84. The van der Waals surface area contributed by atoms with Gasteiger partial charge in [0.05, 0.1) is 0 Å². The summed E-state index contributed by atoms with van der Waals surface area (Å²) in [6.07, 6.45) is 0.993. The summed E-state index contributed by atoms with van der Waals surface area (Å²) in [6.45, 7) is 0. The van der Waals surface area contributed by atoms with Crippen LogP contribution in [0.4, 0.5) is 0 Å². The molecule has 0 aliphatic rings. The Morgan fingerprint density at radius 3 is 3.00 bits per heavy atom. The number of hydrogen-bond acceptors (Lipinski definition) is 3. The zero-order valence-corrected chi connectivity index (χ0v) is 3.68. The van der Waals surface area contributed by atoms with Gasteiger partial charge in [0.2, 0.25) is 0 Å². The van der Waals surface area contributed by atoms with Crippen molar-refractivity contribution in [2.75, 3.05) is 0 Å². The Hall–Kier alpha value is -1.55. The molecule has 0 atom stereocenters. The topological polar surface area (TPSA) is 90.4 Å². The van der Waals surface area contributed by atoms with Gasteiger partial charge in [0, 0.05) is 0 Å². The third-order valence-corrected chi connectivity index (χ3v) is 0.579. The Bertz CT molecular complexity index is 253. The Morgan fingerprint density at radius 2 is 2.75 bits per heavy atom. The summed E-state index contributed by atoms with van der Waals surface area (Å²) < 4.78 is 3.91. The molecule has 6 heteroatoms. The molecule has 1 rings (SSSR count). The van der Waals surface area contributed by atoms with Gasteiger partial charge in [-0.25, -0.2) is 0 Å². The molecule has 0 aromatic carbocycles. The van der Waals surface area contributed by atoms with E-state index in [-0.39, 0.29) is 10.4 Å². The maximum Gasteiger partial charge on any atom is 0.420 e. The molecule has 8 heavy (non-hydrogen) atoms. The smallest absolute Gasteiger partial charge is 0.420 e. The fourth-order valence-electron chi connectivity index (χ4n) is 0.265. The van der Waals surface area contributed by atoms with E-state index in [4.69, 9.17) is 5.53 Å². The highest BCUT2D eigenvalue weighted by atomic mass is 16.8. The SMILES string of the molecule is [N-]=[N+]=c1cnon1[O-]. The van der Waals surface area contributed by atoms with Gasteiger partial charge < -0.3 is 20.2 Å². The number of aromatic nitrogens is 2. The third kappa shape index (κ3) is 0.485. The molecule has 42 valence electrons. The lowest BCUT2D eigenvalue weighted by Gasteiger charge is -1.77. The standard InChI is InChI=1S/C2HN4O2/c3-5-2-1-4-8-6(2)7/h1H/q-1. The van der Waals surface area contributed by atoms with Crippen molar-refractivity contribution in [1.29, 1.82) is 0 Å². The molecular weight excluding hydrogens is 112 g/mol. The second kappa shape index (κ2) is 1.51. The zero-order chi connectivity index (χ0) is 5.98. The fraction of sp³-hybridized carbons (Fsp3) is 0. The summed E-state index contributed by atoms with van der Waals surface area (Å²) in [5, 5.41) is 13.1. The van der Waals surface area contributed by atoms with Gasteiger partial charge in [0.25, 0.3) is 0 Å². The molecular formula is C2HN4O2-. The first-order valence-electron chi connectivity index (χ1n) is 1.74. The Morgan fingerprint density at radius 1 is 2.00 bits per heavy atom. The van der Waals surface area contributed by atoms with Gasteiger partial charge in [-0.1, -0.05) is 0 Å². The van der Waals surface area contributed by atoms with Crippen LogP contribution in [0.3, 0.4) is 0 Å². The summed E-state index contributed by atoms with van der Waals surface area (Å²) in [7, 11) is 0. The van der Waals surface area contributed by atoms with Crippen LogP contribution in [-0.2, 0) is 0 Å². The molecule has 0 amide bonds. The van der Waals surface area contributed by atoms with E-state index in [1.165, 1.54) is 0 Å². The average molecular weight is 113 g/mol. The van der Waals surface area contributed by atoms with Gasteiger partial charge in [0.1, 0.15) is 0 Å². The van der Waals surface area contributed by atoms with E-state index in [1.54, 1.807) is 0 Å². The molecule has 0 aliphatic carbocycles. The largest absolute Gasteiger partial charge is 0.497 e. The summed E-state index contributed by atoms with van der Waals surface area (Å²) in [6, 6.07) is 0. The second-order valence-corrected chi connectivity index (χ2v) is 1.03. The van der Waals surface area contributed by atoms with E-state index in [9.17, 15) is 5.21 Å². The Labute approximate surface area is 43.1 Å². The van der Waals surface area contributed by atoms with Gasteiger partial charge in [-0.2, -0.15) is 5.16 Å². The normalized spacial score (nSPS) is 8.50. The molecule has 6 nitrogen and oxygen atoms in total. The van der Waals surface area contributed by atoms with Crippen LogP contribution in [0, 0.1) is 5.21 Å². The number of hydrogen-bond donors (Lipinski definition) is 0. The molecule has 0 spiro atoms. The summed E-state index contributed by atoms with van der Waals surface area (Å²) in [4.78, 5) is 2.51. The van der Waals surface area contributed by atoms with Gasteiger partial charge in [-0.05, 0) is 4.90 Å². The highest BCUT2D eigenvalue weighted by molar-refractivity contribution is 4.58. The number of rotatable bonds is 0. The minimum Gasteiger partial charge on any atom is -0.497 e. The molecule has 0 fully saturated rings. The van der Waals surface area contributed by atoms with Crippen LogP contribution in [-0.4, -0.2) is 14.8 Å². The van der Waals surface area contributed by atoms with Crippen molar-refractivity contribution in [2.24, 2.45) is 0 Å². The highest BCUT2D eigenvalue weighted by Gasteiger charge is 1.90. The van der Waals surface area contributed by atoms with Crippen molar-refractivity contribution in [1.82, 2.24) is 10.1 Å². The minimum absolute atomic E-state index is 0.0139. The second-order valence-electron chi connectivity index (χ2n) is 1.03. The van der Waals surface area contributed by atoms with E-state index in [1.807, 2.05) is 0 Å². The van der Waals surface area contributed by atoms with Gasteiger partial charge in [0.15, 0.2) is 6.20 Å². The van der Waals surface area contributed by atoms with E-state index in [0.29, 0.717) is 0 Å². The maximum atomic E-state index is 10.1. The van der Waals surface area contributed by atoms with Crippen molar-refractivity contribution in [3.8, 4) is 0 Å². The Kier molecular flexibility index (Phi) is 0.870. The molecule has 1 heterocycles. The average Bonchev–Trinajstić information content (AvgIpc) is 2.14. The van der Waals surface area contributed by atoms with E-state index >= 15 is 0 Å². The third-order valence-electron chi connectivity index (χ3n) is 0.579. The monoisotopic (exact) mass is 113 g/mol. The highest BCUT2D eigenvalue weighted by Crippen LogP contribution is 1.64. The molecule has 0 radical (unpaired) electrons. The van der Waals surface area contributed by atoms with Gasteiger partial charge >= 0.3 is 5.49 Å². The quantitative estimate of drug-likeness (QED) is 0.317. The van der Waals surface area contributed by atoms with E-state index in [0.717, 1.165) is 6.20 Å². The lowest BCUT2D eigenvalue weighted by Crippen LogP contribution is -2.10. The first-order valence-corrected chi connectivity index (χ1v) is 1.74. The molecule has 0 N–H and O–H groups in total. The number of nitrogens with zero attached hydrogens (tertiary/aromatic N) is 4. The Balaban J connectivity index is 3.54. The van der Waals surface area contributed by atoms with Gasteiger partial charge in [-0.15, -0.1) is 0 Å². The minimum atomic E-state index is -0.259. The molecule has 0 bridgehead atoms. The van der Waals surface area contributed by atoms with Crippen LogP contribution in [0.2, 0.25) is 0 Å². The molecule has 1 aromatic rings. The van der Waals surface area contributed by atoms with Crippen LogP contribution in [0.15, 0.2) is 10.8 Å². The van der Waals surface area contributed by atoms with Crippen molar-refractivity contribution in [3.63, 3.8) is 0 Å². The van der Waals surface area contributed by atoms with Crippen molar-refractivity contribution >= 4 is 0 Å². The summed E-state index contributed by atoms with van der Waals surface area (Å²) in [5.41, 5.74) is 7.65. The fourth-order valence-corrected chi connectivity index (χ4v) is 0.265. The van der Waals surface area contributed by atoms with Crippen molar-refractivity contribution in [2.45, 2.75) is 0 Å². The maximum absolute atomic E-state index is 10.1. The molecule has 0 unspecified atom stereocenters. The lowest BCUT2D eigenvalue weighted by atomic mass is 10.9. The van der Waals surface area contributed by atoms with Crippen LogP contribution < -0.4 is 5.49 Å². The molecule has 0 aliphatic heterocycles. The van der Waals surface area contributed by atoms with Gasteiger partial charge in [-0.3, -0.25) is 0 Å². The zero-order valence-electron chi connectivity index (χ0n) is 3.68. The predicted octanol–water partition coefficient (Wildman–Crippen LogP) is -1.05. The summed E-state index contributed by atoms with van der Waals surface area (Å²) in [5.74, 6) is 0. The molecule has 0 saturated heterocycles. The van der Waals surface area contributed by atoms with Crippen LogP contribution in [0.1, 0.15) is 0 Å². The molecule has 0 saturated carbocycles. The summed E-state index contributed by atoms with van der Waals surface area (Å²) >= 11 is 0. The van der Waals surface area contributed by atoms with E-state index < -0.39 is 0 Å². The van der Waals surface area contributed by atoms with Crippen LogP contribution in [0.25, 0.3) is 5.53 Å². The van der Waals surface area contributed by atoms with Crippen LogP contribution >= 0.6 is 0 Å².